The Morgan fingerprint density at radius 2 is 2.05 bits per heavy atom. The summed E-state index contributed by atoms with van der Waals surface area (Å²) in [5.74, 6) is 1.08. The molecule has 0 amide bonds. The Balaban J connectivity index is 1.89. The lowest BCUT2D eigenvalue weighted by atomic mass is 9.86. The zero-order chi connectivity index (χ0) is 14.9. The topological polar surface area (TPSA) is 24.5 Å². The molecule has 1 unspecified atom stereocenters. The number of nitrogens with one attached hydrogen (secondary N) is 1. The zero-order valence-corrected chi connectivity index (χ0v) is 13.6. The smallest absolute Gasteiger partial charge is 0.122 e. The number of likely N-dealkylation sites (N-methyl/N-ethyl adjacent to an activating group) is 1. The Kier molecular flexibility index (Phi) is 4.23. The fraction of sp³-hybridized carbons (Fsp3) is 0.667. The molecule has 3 nitrogen and oxygen atoms in total. The number of rotatable bonds is 5. The van der Waals surface area contributed by atoms with Crippen LogP contribution in [0.3, 0.4) is 0 Å². The Morgan fingerprint density at radius 1 is 1.29 bits per heavy atom. The van der Waals surface area contributed by atoms with Crippen molar-refractivity contribution in [2.45, 2.75) is 51.6 Å². The van der Waals surface area contributed by atoms with E-state index < -0.39 is 0 Å². The van der Waals surface area contributed by atoms with Crippen LogP contribution in [0.1, 0.15) is 50.8 Å². The highest BCUT2D eigenvalue weighted by Gasteiger charge is 2.37. The van der Waals surface area contributed by atoms with Gasteiger partial charge < -0.3 is 10.1 Å². The third kappa shape index (κ3) is 2.82. The molecule has 116 valence electrons. The van der Waals surface area contributed by atoms with Crippen molar-refractivity contribution in [3.05, 3.63) is 29.3 Å². The minimum absolute atomic E-state index is 0.139. The van der Waals surface area contributed by atoms with E-state index in [0.717, 1.165) is 25.3 Å². The molecule has 0 bridgehead atoms. The van der Waals surface area contributed by atoms with Crippen LogP contribution in [0.25, 0.3) is 0 Å². The van der Waals surface area contributed by atoms with E-state index in [1.807, 2.05) is 0 Å². The maximum Gasteiger partial charge on any atom is 0.122 e. The molecule has 3 heteroatoms. The van der Waals surface area contributed by atoms with Crippen LogP contribution >= 0.6 is 0 Å². The average molecular weight is 288 g/mol. The van der Waals surface area contributed by atoms with Crippen molar-refractivity contribution in [2.75, 3.05) is 26.2 Å². The van der Waals surface area contributed by atoms with Crippen LogP contribution in [0, 0.1) is 0 Å². The largest absolute Gasteiger partial charge is 0.493 e. The zero-order valence-electron chi connectivity index (χ0n) is 13.6. The van der Waals surface area contributed by atoms with Gasteiger partial charge in [-0.1, -0.05) is 19.1 Å². The summed E-state index contributed by atoms with van der Waals surface area (Å²) in [5, 5.41) is 3.72. The number of hydrogen-bond acceptors (Lipinski definition) is 3. The van der Waals surface area contributed by atoms with Gasteiger partial charge >= 0.3 is 0 Å². The van der Waals surface area contributed by atoms with Crippen molar-refractivity contribution in [3.8, 4) is 5.75 Å². The second-order valence-corrected chi connectivity index (χ2v) is 6.80. The maximum atomic E-state index is 5.65. The molecule has 0 saturated carbocycles. The number of likely N-dealkylation sites (tertiary alicyclic amines) is 1. The summed E-state index contributed by atoms with van der Waals surface area (Å²) in [6, 6.07) is 7.12. The van der Waals surface area contributed by atoms with E-state index in [1.54, 1.807) is 0 Å². The summed E-state index contributed by atoms with van der Waals surface area (Å²) in [7, 11) is 0. The van der Waals surface area contributed by atoms with Crippen LogP contribution in [0.4, 0.5) is 0 Å². The van der Waals surface area contributed by atoms with Crippen molar-refractivity contribution < 1.29 is 4.74 Å². The van der Waals surface area contributed by atoms with Gasteiger partial charge in [0.05, 0.1) is 12.6 Å². The third-order valence-corrected chi connectivity index (χ3v) is 5.08. The van der Waals surface area contributed by atoms with Gasteiger partial charge in [0, 0.05) is 12.0 Å². The molecule has 1 saturated heterocycles. The summed E-state index contributed by atoms with van der Waals surface area (Å²) >= 11 is 0. The maximum absolute atomic E-state index is 5.65. The molecular formula is C18H28N2O. The van der Waals surface area contributed by atoms with Crippen LogP contribution in [-0.4, -0.2) is 36.7 Å². The minimum Gasteiger partial charge on any atom is -0.493 e. The predicted molar refractivity (Wildman–Crippen MR) is 86.9 cm³/mol. The van der Waals surface area contributed by atoms with Gasteiger partial charge in [-0.15, -0.1) is 0 Å². The first-order valence-corrected chi connectivity index (χ1v) is 8.37. The second-order valence-electron chi connectivity index (χ2n) is 6.80. The Hall–Kier alpha value is -1.06. The van der Waals surface area contributed by atoms with Crippen molar-refractivity contribution in [3.63, 3.8) is 0 Å². The van der Waals surface area contributed by atoms with Crippen molar-refractivity contribution in [1.82, 2.24) is 10.2 Å². The van der Waals surface area contributed by atoms with Crippen LogP contribution in [0.15, 0.2) is 18.2 Å². The molecule has 1 atom stereocenters. The van der Waals surface area contributed by atoms with Gasteiger partial charge in [-0.05, 0) is 63.5 Å². The predicted octanol–water partition coefficient (Wildman–Crippen LogP) is 3.15. The van der Waals surface area contributed by atoms with Gasteiger partial charge in [0.25, 0.3) is 0 Å². The molecule has 2 aliphatic rings. The SMILES string of the molecule is CCNC(c1ccc2c(c1)CCO2)C(C)(C)N1CCCC1. The summed E-state index contributed by atoms with van der Waals surface area (Å²) < 4.78 is 5.65. The molecule has 21 heavy (non-hydrogen) atoms. The van der Waals surface area contributed by atoms with Crippen LogP contribution in [-0.2, 0) is 6.42 Å². The van der Waals surface area contributed by atoms with E-state index >= 15 is 0 Å². The molecule has 2 aliphatic heterocycles. The van der Waals surface area contributed by atoms with E-state index in [2.05, 4.69) is 49.2 Å². The Bertz CT molecular complexity index is 492. The standard InChI is InChI=1S/C18H28N2O/c1-4-19-17(18(2,3)20-10-5-6-11-20)15-7-8-16-14(13-15)9-12-21-16/h7-8,13,17,19H,4-6,9-12H2,1-3H3. The molecule has 2 heterocycles. The van der Waals surface area contributed by atoms with Crippen LogP contribution in [0.2, 0.25) is 0 Å². The van der Waals surface area contributed by atoms with E-state index in [0.29, 0.717) is 6.04 Å². The summed E-state index contributed by atoms with van der Waals surface area (Å²) in [6.45, 7) is 11.2. The monoisotopic (exact) mass is 288 g/mol. The number of benzene rings is 1. The number of hydrogen-bond donors (Lipinski definition) is 1. The van der Waals surface area contributed by atoms with Crippen LogP contribution in [0.5, 0.6) is 5.75 Å². The first-order valence-electron chi connectivity index (χ1n) is 8.37. The van der Waals surface area contributed by atoms with Crippen LogP contribution < -0.4 is 10.1 Å². The van der Waals surface area contributed by atoms with E-state index in [4.69, 9.17) is 4.74 Å². The lowest BCUT2D eigenvalue weighted by molar-refractivity contribution is 0.107. The normalized spacial score (nSPS) is 20.3. The highest BCUT2D eigenvalue weighted by Crippen LogP contribution is 2.36. The van der Waals surface area contributed by atoms with Gasteiger partial charge in [0.2, 0.25) is 0 Å². The molecule has 0 aliphatic carbocycles. The summed E-state index contributed by atoms with van der Waals surface area (Å²) in [5.41, 5.74) is 2.91. The first-order chi connectivity index (χ1) is 10.1. The molecular weight excluding hydrogens is 260 g/mol. The van der Waals surface area contributed by atoms with Crippen molar-refractivity contribution >= 4 is 0 Å². The number of ether oxygens (including phenoxy) is 1. The lowest BCUT2D eigenvalue weighted by Gasteiger charge is -2.43. The third-order valence-electron chi connectivity index (χ3n) is 5.08. The number of nitrogens with zero attached hydrogens (tertiary/aromatic N) is 1. The molecule has 3 rings (SSSR count). The molecule has 1 aromatic rings. The molecule has 1 N–H and O–H groups in total. The van der Waals surface area contributed by atoms with Gasteiger partial charge in [-0.3, -0.25) is 4.90 Å². The molecule has 0 radical (unpaired) electrons. The number of fused-ring (bicyclic) bond motifs is 1. The fourth-order valence-electron chi connectivity index (χ4n) is 3.84. The van der Waals surface area contributed by atoms with Crippen molar-refractivity contribution in [1.29, 1.82) is 0 Å². The molecule has 1 aromatic carbocycles. The second kappa shape index (κ2) is 5.98. The van der Waals surface area contributed by atoms with E-state index in [-0.39, 0.29) is 5.54 Å². The van der Waals surface area contributed by atoms with E-state index in [9.17, 15) is 0 Å². The lowest BCUT2D eigenvalue weighted by Crippen LogP contribution is -2.51. The molecule has 1 fully saturated rings. The first kappa shape index (κ1) is 14.9. The van der Waals surface area contributed by atoms with E-state index in [1.165, 1.54) is 37.1 Å². The summed E-state index contributed by atoms with van der Waals surface area (Å²) in [4.78, 5) is 2.64. The molecule has 0 spiro atoms. The van der Waals surface area contributed by atoms with Crippen molar-refractivity contribution in [2.24, 2.45) is 0 Å². The van der Waals surface area contributed by atoms with Gasteiger partial charge in [-0.25, -0.2) is 0 Å². The Morgan fingerprint density at radius 3 is 2.76 bits per heavy atom. The summed E-state index contributed by atoms with van der Waals surface area (Å²) in [6.07, 6.45) is 3.72. The highest BCUT2D eigenvalue weighted by molar-refractivity contribution is 5.41. The Labute approximate surface area is 128 Å². The van der Waals surface area contributed by atoms with Gasteiger partial charge in [0.15, 0.2) is 0 Å². The molecule has 0 aromatic heterocycles. The quantitative estimate of drug-likeness (QED) is 0.901. The fourth-order valence-corrected chi connectivity index (χ4v) is 3.84. The van der Waals surface area contributed by atoms with Gasteiger partial charge in [0.1, 0.15) is 5.75 Å². The van der Waals surface area contributed by atoms with Gasteiger partial charge in [-0.2, -0.15) is 0 Å². The average Bonchev–Trinajstić information content (AvgIpc) is 3.14. The highest BCUT2D eigenvalue weighted by atomic mass is 16.5. The minimum atomic E-state index is 0.139.